The molecule has 0 radical (unpaired) electrons. The number of hydrogen-bond donors (Lipinski definition) is 1. The summed E-state index contributed by atoms with van der Waals surface area (Å²) < 4.78 is 6.29. The number of rotatable bonds is 5. The molecule has 0 fully saturated rings. The molecular weight excluding hydrogens is 354 g/mol. The number of halogens is 2. The fraction of sp³-hybridized carbons (Fsp3) is 0.188. The number of hydrogen-bond acceptors (Lipinski definition) is 2. The fourth-order valence-corrected chi connectivity index (χ4v) is 2.59. The Bertz CT molecular complexity index is 633. The topological polar surface area (TPSA) is 38.3 Å². The minimum Gasteiger partial charge on any atom is -0.483 e. The van der Waals surface area contributed by atoms with Crippen LogP contribution in [0.3, 0.4) is 0 Å². The summed E-state index contributed by atoms with van der Waals surface area (Å²) in [6.07, 6.45) is 0. The molecule has 0 saturated carbocycles. The summed E-state index contributed by atoms with van der Waals surface area (Å²) >= 11 is 9.48. The first-order valence-corrected chi connectivity index (χ1v) is 7.66. The van der Waals surface area contributed by atoms with Gasteiger partial charge in [0, 0.05) is 5.02 Å². The van der Waals surface area contributed by atoms with E-state index in [2.05, 4.69) is 21.2 Å². The van der Waals surface area contributed by atoms with Crippen LogP contribution in [-0.4, -0.2) is 12.5 Å². The van der Waals surface area contributed by atoms with E-state index < -0.39 is 0 Å². The van der Waals surface area contributed by atoms with Gasteiger partial charge in [0.15, 0.2) is 6.61 Å². The third-order valence-electron chi connectivity index (χ3n) is 2.94. The molecular formula is C16H15BrClNO2. The number of para-hydroxylation sites is 1. The predicted octanol–water partition coefficient (Wildman–Crippen LogP) is 4.36. The average Bonchev–Trinajstić information content (AvgIpc) is 2.46. The highest BCUT2D eigenvalue weighted by Crippen LogP contribution is 2.24. The van der Waals surface area contributed by atoms with Gasteiger partial charge in [-0.05, 0) is 46.6 Å². The van der Waals surface area contributed by atoms with Crippen molar-refractivity contribution in [3.63, 3.8) is 0 Å². The molecule has 0 aromatic heterocycles. The van der Waals surface area contributed by atoms with Crippen LogP contribution in [0.2, 0.25) is 5.02 Å². The molecule has 0 spiro atoms. The van der Waals surface area contributed by atoms with Crippen molar-refractivity contribution in [3.05, 3.63) is 63.6 Å². The second-order valence-electron chi connectivity index (χ2n) is 4.53. The molecule has 0 saturated heterocycles. The highest BCUT2D eigenvalue weighted by molar-refractivity contribution is 9.10. The Balaban J connectivity index is 1.90. The smallest absolute Gasteiger partial charge is 0.258 e. The Labute approximate surface area is 137 Å². The lowest BCUT2D eigenvalue weighted by molar-refractivity contribution is -0.123. The second kappa shape index (κ2) is 7.48. The Morgan fingerprint density at radius 2 is 1.90 bits per heavy atom. The Morgan fingerprint density at radius 3 is 2.62 bits per heavy atom. The summed E-state index contributed by atoms with van der Waals surface area (Å²) in [4.78, 5) is 11.9. The first-order chi connectivity index (χ1) is 10.1. The first-order valence-electron chi connectivity index (χ1n) is 6.49. The standard InChI is InChI=1S/C16H15BrClNO2/c1-11(12-6-2-4-8-14(12)18)19-16(20)10-21-15-9-5-3-7-13(15)17/h2-9,11H,10H2,1H3,(H,19,20)/t11-/m0/s1. The predicted molar refractivity (Wildman–Crippen MR) is 87.6 cm³/mol. The van der Waals surface area contributed by atoms with Crippen LogP contribution in [0.1, 0.15) is 18.5 Å². The Morgan fingerprint density at radius 1 is 1.24 bits per heavy atom. The van der Waals surface area contributed by atoms with Gasteiger partial charge in [0.2, 0.25) is 0 Å². The van der Waals surface area contributed by atoms with Gasteiger partial charge in [0.25, 0.3) is 5.91 Å². The SMILES string of the molecule is C[C@H](NC(=O)COc1ccccc1Br)c1ccccc1Cl. The molecule has 0 unspecified atom stereocenters. The summed E-state index contributed by atoms with van der Waals surface area (Å²) in [5, 5.41) is 3.50. The molecule has 1 amide bonds. The number of carbonyl (C=O) groups is 1. The normalized spacial score (nSPS) is 11.8. The molecule has 1 atom stereocenters. The average molecular weight is 369 g/mol. The molecule has 21 heavy (non-hydrogen) atoms. The van der Waals surface area contributed by atoms with E-state index in [-0.39, 0.29) is 18.6 Å². The summed E-state index contributed by atoms with van der Waals surface area (Å²) in [6, 6.07) is 14.7. The quantitative estimate of drug-likeness (QED) is 0.851. The van der Waals surface area contributed by atoms with E-state index in [1.54, 1.807) is 12.1 Å². The third kappa shape index (κ3) is 4.48. The Kier molecular flexibility index (Phi) is 5.65. The van der Waals surface area contributed by atoms with Gasteiger partial charge in [0.1, 0.15) is 5.75 Å². The minimum atomic E-state index is -0.196. The number of ether oxygens (including phenoxy) is 1. The van der Waals surface area contributed by atoms with Gasteiger partial charge in [0.05, 0.1) is 10.5 Å². The monoisotopic (exact) mass is 367 g/mol. The van der Waals surface area contributed by atoms with Crippen LogP contribution in [0.5, 0.6) is 5.75 Å². The maximum atomic E-state index is 11.9. The van der Waals surface area contributed by atoms with Crippen molar-refractivity contribution in [3.8, 4) is 5.75 Å². The van der Waals surface area contributed by atoms with Crippen LogP contribution in [0.25, 0.3) is 0 Å². The van der Waals surface area contributed by atoms with Gasteiger partial charge in [-0.2, -0.15) is 0 Å². The molecule has 3 nitrogen and oxygen atoms in total. The molecule has 110 valence electrons. The van der Waals surface area contributed by atoms with Gasteiger partial charge >= 0.3 is 0 Å². The summed E-state index contributed by atoms with van der Waals surface area (Å²) in [5.41, 5.74) is 0.883. The van der Waals surface area contributed by atoms with Crippen LogP contribution in [0, 0.1) is 0 Å². The van der Waals surface area contributed by atoms with Crippen LogP contribution >= 0.6 is 27.5 Å². The molecule has 0 aliphatic rings. The molecule has 1 N–H and O–H groups in total. The largest absolute Gasteiger partial charge is 0.483 e. The van der Waals surface area contributed by atoms with E-state index in [0.717, 1.165) is 10.0 Å². The zero-order valence-corrected chi connectivity index (χ0v) is 13.8. The molecule has 0 heterocycles. The molecule has 2 aromatic rings. The molecule has 0 bridgehead atoms. The van der Waals surface area contributed by atoms with Crippen LogP contribution in [0.15, 0.2) is 53.0 Å². The van der Waals surface area contributed by atoms with Gasteiger partial charge in [-0.15, -0.1) is 0 Å². The highest BCUT2D eigenvalue weighted by Gasteiger charge is 2.13. The van der Waals surface area contributed by atoms with Crippen molar-refractivity contribution in [2.45, 2.75) is 13.0 Å². The van der Waals surface area contributed by atoms with Crippen molar-refractivity contribution < 1.29 is 9.53 Å². The minimum absolute atomic E-state index is 0.0442. The maximum Gasteiger partial charge on any atom is 0.258 e. The summed E-state index contributed by atoms with van der Waals surface area (Å²) in [6.45, 7) is 1.84. The summed E-state index contributed by atoms with van der Waals surface area (Å²) in [7, 11) is 0. The van der Waals surface area contributed by atoms with Crippen molar-refractivity contribution in [2.24, 2.45) is 0 Å². The van der Waals surface area contributed by atoms with Gasteiger partial charge in [-0.3, -0.25) is 4.79 Å². The van der Waals surface area contributed by atoms with E-state index in [4.69, 9.17) is 16.3 Å². The summed E-state index contributed by atoms with van der Waals surface area (Å²) in [5.74, 6) is 0.441. The fourth-order valence-electron chi connectivity index (χ4n) is 1.89. The van der Waals surface area contributed by atoms with E-state index in [0.29, 0.717) is 10.8 Å². The van der Waals surface area contributed by atoms with E-state index in [1.165, 1.54) is 0 Å². The third-order valence-corrected chi connectivity index (χ3v) is 3.94. The number of carbonyl (C=O) groups excluding carboxylic acids is 1. The zero-order chi connectivity index (χ0) is 15.2. The van der Waals surface area contributed by atoms with E-state index in [1.807, 2.05) is 43.3 Å². The number of nitrogens with one attached hydrogen (secondary N) is 1. The van der Waals surface area contributed by atoms with Crippen molar-refractivity contribution >= 4 is 33.4 Å². The van der Waals surface area contributed by atoms with Gasteiger partial charge in [-0.25, -0.2) is 0 Å². The van der Waals surface area contributed by atoms with Crippen LogP contribution < -0.4 is 10.1 Å². The van der Waals surface area contributed by atoms with Crippen LogP contribution in [-0.2, 0) is 4.79 Å². The molecule has 2 rings (SSSR count). The molecule has 5 heteroatoms. The van der Waals surface area contributed by atoms with Crippen molar-refractivity contribution in [2.75, 3.05) is 6.61 Å². The lowest BCUT2D eigenvalue weighted by atomic mass is 10.1. The van der Waals surface area contributed by atoms with Gasteiger partial charge < -0.3 is 10.1 Å². The number of amides is 1. The van der Waals surface area contributed by atoms with Crippen LogP contribution in [0.4, 0.5) is 0 Å². The Hall–Kier alpha value is -1.52. The number of benzene rings is 2. The lowest BCUT2D eigenvalue weighted by Gasteiger charge is -2.16. The molecule has 2 aromatic carbocycles. The second-order valence-corrected chi connectivity index (χ2v) is 5.79. The van der Waals surface area contributed by atoms with E-state index in [9.17, 15) is 4.79 Å². The molecule has 0 aliphatic carbocycles. The van der Waals surface area contributed by atoms with Gasteiger partial charge in [-0.1, -0.05) is 41.9 Å². The maximum absolute atomic E-state index is 11.9. The van der Waals surface area contributed by atoms with E-state index >= 15 is 0 Å². The van der Waals surface area contributed by atoms with Crippen molar-refractivity contribution in [1.29, 1.82) is 0 Å². The van der Waals surface area contributed by atoms with Crippen molar-refractivity contribution in [1.82, 2.24) is 5.32 Å². The highest BCUT2D eigenvalue weighted by atomic mass is 79.9. The first kappa shape index (κ1) is 15.9. The lowest BCUT2D eigenvalue weighted by Crippen LogP contribution is -2.31. The zero-order valence-electron chi connectivity index (χ0n) is 11.5. The molecule has 0 aliphatic heterocycles.